The van der Waals surface area contributed by atoms with E-state index in [1.807, 2.05) is 0 Å². The summed E-state index contributed by atoms with van der Waals surface area (Å²) in [4.78, 5) is 0. The topological polar surface area (TPSA) is 76.3 Å². The number of nitrogens with one attached hydrogen (secondary N) is 2. The van der Waals surface area contributed by atoms with Crippen LogP contribution in [0.4, 0.5) is 0 Å². The van der Waals surface area contributed by atoms with Crippen LogP contribution in [0.3, 0.4) is 0 Å². The minimum Gasteiger partial charge on any atom is -0.422 e. The smallest absolute Gasteiger partial charge is 0.422 e. The van der Waals surface area contributed by atoms with E-state index in [0.29, 0.717) is 5.60 Å². The van der Waals surface area contributed by atoms with Crippen LogP contribution in [-0.2, 0) is 0 Å². The van der Waals surface area contributed by atoms with Crippen LogP contribution >= 0.6 is 0 Å². The van der Waals surface area contributed by atoms with Crippen molar-refractivity contribution >= 4 is 13.8 Å². The van der Waals surface area contributed by atoms with Gasteiger partial charge in [0.05, 0.1) is 0 Å². The molecule has 0 aliphatic heterocycles. The van der Waals surface area contributed by atoms with Crippen LogP contribution in [0.1, 0.15) is 6.92 Å². The maximum Gasteiger partial charge on any atom is 0.504 e. The zero-order valence-corrected chi connectivity index (χ0v) is 6.26. The standard InChI is InChI=1S/C4H10BNO2.CH3N/c1-3-4(6-2)5(7)8;1-2/h3,6-8H,1-2H3;2H,1H2/b4-3-;. The van der Waals surface area contributed by atoms with E-state index in [9.17, 15) is 0 Å². The average molecular weight is 144 g/mol. The highest BCUT2D eigenvalue weighted by atomic mass is 16.4. The summed E-state index contributed by atoms with van der Waals surface area (Å²) in [6.07, 6.45) is 1.60. The van der Waals surface area contributed by atoms with Crippen molar-refractivity contribution in [3.8, 4) is 0 Å². The minimum atomic E-state index is -1.37. The van der Waals surface area contributed by atoms with Gasteiger partial charge in [-0.15, -0.1) is 0 Å². The Bertz CT molecular complexity index is 106. The fourth-order valence-corrected chi connectivity index (χ4v) is 0.423. The molecule has 0 saturated heterocycles. The van der Waals surface area contributed by atoms with Crippen LogP contribution in [-0.4, -0.2) is 30.9 Å². The van der Waals surface area contributed by atoms with Crippen molar-refractivity contribution in [2.24, 2.45) is 0 Å². The van der Waals surface area contributed by atoms with Gasteiger partial charge in [-0.3, -0.25) is 0 Å². The first-order valence-corrected chi connectivity index (χ1v) is 2.77. The second-order valence-corrected chi connectivity index (χ2v) is 1.37. The van der Waals surface area contributed by atoms with Gasteiger partial charge in [-0.25, -0.2) is 0 Å². The number of allylic oxidation sites excluding steroid dienone is 1. The number of hydrogen-bond acceptors (Lipinski definition) is 4. The molecule has 5 heteroatoms. The molecule has 4 nitrogen and oxygen atoms in total. The molecule has 0 aromatic rings. The van der Waals surface area contributed by atoms with E-state index in [1.165, 1.54) is 0 Å². The molecular weight excluding hydrogens is 131 g/mol. The fraction of sp³-hybridized carbons (Fsp3) is 0.400. The summed E-state index contributed by atoms with van der Waals surface area (Å²) in [5.74, 6) is 0. The van der Waals surface area contributed by atoms with Crippen molar-refractivity contribution in [1.29, 1.82) is 5.41 Å². The van der Waals surface area contributed by atoms with E-state index in [2.05, 4.69) is 12.0 Å². The monoisotopic (exact) mass is 144 g/mol. The molecule has 58 valence electrons. The van der Waals surface area contributed by atoms with Crippen LogP contribution in [0.15, 0.2) is 11.7 Å². The Morgan fingerprint density at radius 1 is 1.60 bits per heavy atom. The molecular formula is C5H13BN2O2. The fourth-order valence-electron chi connectivity index (χ4n) is 0.423. The Balaban J connectivity index is 0. The van der Waals surface area contributed by atoms with Gasteiger partial charge in [0.1, 0.15) is 0 Å². The lowest BCUT2D eigenvalue weighted by Crippen LogP contribution is -2.24. The highest BCUT2D eigenvalue weighted by molar-refractivity contribution is 6.50. The highest BCUT2D eigenvalue weighted by Gasteiger charge is 2.09. The molecule has 0 saturated carbocycles. The summed E-state index contributed by atoms with van der Waals surface area (Å²) < 4.78 is 0. The molecule has 0 aromatic carbocycles. The third-order valence-electron chi connectivity index (χ3n) is 0.878. The second kappa shape index (κ2) is 8.19. The van der Waals surface area contributed by atoms with Crippen molar-refractivity contribution in [3.05, 3.63) is 11.7 Å². The Labute approximate surface area is 61.2 Å². The lowest BCUT2D eigenvalue weighted by molar-refractivity contribution is 0.415. The number of rotatable bonds is 2. The van der Waals surface area contributed by atoms with Crippen molar-refractivity contribution < 1.29 is 10.0 Å². The molecule has 0 spiro atoms. The van der Waals surface area contributed by atoms with Gasteiger partial charge in [0.15, 0.2) is 0 Å². The first-order valence-electron chi connectivity index (χ1n) is 2.77. The number of hydrogen-bond donors (Lipinski definition) is 4. The zero-order chi connectivity index (χ0) is 8.57. The van der Waals surface area contributed by atoms with Crippen LogP contribution in [0.5, 0.6) is 0 Å². The first kappa shape index (κ1) is 11.9. The minimum absolute atomic E-state index is 0.421. The molecule has 0 heterocycles. The molecule has 10 heavy (non-hydrogen) atoms. The Hall–Kier alpha value is -0.805. The van der Waals surface area contributed by atoms with E-state index < -0.39 is 7.12 Å². The third kappa shape index (κ3) is 5.33. The molecule has 0 radical (unpaired) electrons. The summed E-state index contributed by atoms with van der Waals surface area (Å²) in [6.45, 7) is 4.23. The lowest BCUT2D eigenvalue weighted by atomic mass is 9.86. The molecule has 0 unspecified atom stereocenters. The molecule has 0 aliphatic carbocycles. The molecule has 0 aliphatic rings. The molecule has 0 atom stereocenters. The molecule has 0 amide bonds. The second-order valence-electron chi connectivity index (χ2n) is 1.37. The maximum absolute atomic E-state index is 8.44. The van der Waals surface area contributed by atoms with Crippen LogP contribution < -0.4 is 5.32 Å². The molecule has 0 fully saturated rings. The molecule has 0 rings (SSSR count). The van der Waals surface area contributed by atoms with Crippen molar-refractivity contribution in [1.82, 2.24) is 5.32 Å². The maximum atomic E-state index is 8.44. The summed E-state index contributed by atoms with van der Waals surface area (Å²) in [6, 6.07) is 0. The molecule has 4 N–H and O–H groups in total. The van der Waals surface area contributed by atoms with Crippen LogP contribution in [0.2, 0.25) is 0 Å². The third-order valence-corrected chi connectivity index (χ3v) is 0.878. The van der Waals surface area contributed by atoms with Gasteiger partial charge in [-0.05, 0) is 13.6 Å². The van der Waals surface area contributed by atoms with E-state index in [-0.39, 0.29) is 0 Å². The van der Waals surface area contributed by atoms with Crippen LogP contribution in [0.25, 0.3) is 0 Å². The van der Waals surface area contributed by atoms with Crippen LogP contribution in [0, 0.1) is 5.41 Å². The normalized spacial score (nSPS) is 9.40. The summed E-state index contributed by atoms with van der Waals surface area (Å²) in [5, 5.41) is 25.0. The van der Waals surface area contributed by atoms with Crippen molar-refractivity contribution in [3.63, 3.8) is 0 Å². The van der Waals surface area contributed by atoms with Gasteiger partial charge in [0, 0.05) is 12.6 Å². The Morgan fingerprint density at radius 3 is 2.00 bits per heavy atom. The Morgan fingerprint density at radius 2 is 2.00 bits per heavy atom. The van der Waals surface area contributed by atoms with Crippen molar-refractivity contribution in [2.75, 3.05) is 7.05 Å². The largest absolute Gasteiger partial charge is 0.504 e. The zero-order valence-electron chi connectivity index (χ0n) is 6.26. The summed E-state index contributed by atoms with van der Waals surface area (Å²) >= 11 is 0. The van der Waals surface area contributed by atoms with Gasteiger partial charge in [-0.1, -0.05) is 6.08 Å². The Kier molecular flexibility index (Phi) is 9.78. The molecule has 0 bridgehead atoms. The SMILES string of the molecule is C/C=C(\NC)B(O)O.C=N. The first-order chi connectivity index (χ1) is 4.72. The average Bonchev–Trinajstić information content (AvgIpc) is 1.94. The summed E-state index contributed by atoms with van der Waals surface area (Å²) in [7, 11) is 0.263. The van der Waals surface area contributed by atoms with Gasteiger partial charge in [0.25, 0.3) is 0 Å². The predicted molar refractivity (Wildman–Crippen MR) is 42.8 cm³/mol. The van der Waals surface area contributed by atoms with Gasteiger partial charge in [0.2, 0.25) is 0 Å². The summed E-state index contributed by atoms with van der Waals surface area (Å²) in [5.41, 5.74) is 0.421. The lowest BCUT2D eigenvalue weighted by Gasteiger charge is -2.01. The van der Waals surface area contributed by atoms with E-state index in [4.69, 9.17) is 15.5 Å². The van der Waals surface area contributed by atoms with Crippen molar-refractivity contribution in [2.45, 2.75) is 6.92 Å². The van der Waals surface area contributed by atoms with E-state index in [1.54, 1.807) is 20.0 Å². The van der Waals surface area contributed by atoms with E-state index in [0.717, 1.165) is 0 Å². The highest BCUT2D eigenvalue weighted by Crippen LogP contribution is 1.86. The van der Waals surface area contributed by atoms with Gasteiger partial charge < -0.3 is 20.8 Å². The quantitative estimate of drug-likeness (QED) is 0.308. The predicted octanol–water partition coefficient (Wildman–Crippen LogP) is -0.613. The molecule has 0 aromatic heterocycles. The van der Waals surface area contributed by atoms with Gasteiger partial charge in [-0.2, -0.15) is 0 Å². The van der Waals surface area contributed by atoms with E-state index >= 15 is 0 Å². The van der Waals surface area contributed by atoms with Gasteiger partial charge >= 0.3 is 7.12 Å².